The molecule has 124 valence electrons. The van der Waals surface area contributed by atoms with Gasteiger partial charge in [0.2, 0.25) is 0 Å². The minimum absolute atomic E-state index is 0.0906. The lowest BCUT2D eigenvalue weighted by Gasteiger charge is -2.27. The van der Waals surface area contributed by atoms with E-state index in [0.717, 1.165) is 0 Å². The average Bonchev–Trinajstić information content (AvgIpc) is 2.80. The van der Waals surface area contributed by atoms with E-state index < -0.39 is 16.8 Å². The number of nitrogens with zero attached hydrogens (tertiary/aromatic N) is 3. The zero-order valence-corrected chi connectivity index (χ0v) is 13.4. The van der Waals surface area contributed by atoms with Gasteiger partial charge in [-0.2, -0.15) is 5.10 Å². The predicted molar refractivity (Wildman–Crippen MR) is 86.8 cm³/mol. The Balaban J connectivity index is 2.36. The summed E-state index contributed by atoms with van der Waals surface area (Å²) in [5.74, 6) is -1.22. The molecule has 1 atom stereocenters. The number of benzene rings is 1. The molecule has 1 aliphatic rings. The molecule has 0 radical (unpaired) electrons. The Bertz CT molecular complexity index is 897. The molecule has 0 spiro atoms. The van der Waals surface area contributed by atoms with E-state index in [1.165, 1.54) is 6.07 Å². The molecule has 1 aromatic carbocycles. The topological polar surface area (TPSA) is 110 Å². The predicted octanol–water partition coefficient (Wildman–Crippen LogP) is 2.55. The molecule has 0 fully saturated rings. The molecular weight excluding hydrogens is 312 g/mol. The standard InChI is InChI=1S/C16H16N4O4/c1-8-13(16(21)22)14(10-6-4-5-7-11(10)20(23)24)12-9(2)18-19(3)15(12)17-8/h4-7,14,17H,1-3H3,(H,21,22). The summed E-state index contributed by atoms with van der Waals surface area (Å²) in [6, 6.07) is 6.22. The smallest absolute Gasteiger partial charge is 0.334 e. The number of aromatic nitrogens is 2. The van der Waals surface area contributed by atoms with Crippen molar-refractivity contribution in [2.45, 2.75) is 19.8 Å². The number of nitro groups is 1. The SMILES string of the molecule is CC1=C(C(=O)O)C(c2ccccc2[N+](=O)[O-])c2c(C)nn(C)c2N1. The van der Waals surface area contributed by atoms with E-state index in [2.05, 4.69) is 10.4 Å². The molecule has 2 aromatic rings. The fourth-order valence-electron chi connectivity index (χ4n) is 3.27. The molecule has 24 heavy (non-hydrogen) atoms. The van der Waals surface area contributed by atoms with Gasteiger partial charge in [-0.15, -0.1) is 0 Å². The first-order chi connectivity index (χ1) is 11.3. The second-order valence-corrected chi connectivity index (χ2v) is 5.69. The van der Waals surface area contributed by atoms with E-state index >= 15 is 0 Å². The van der Waals surface area contributed by atoms with Crippen LogP contribution in [-0.4, -0.2) is 25.8 Å². The lowest BCUT2D eigenvalue weighted by molar-refractivity contribution is -0.385. The van der Waals surface area contributed by atoms with Crippen LogP contribution in [0.1, 0.15) is 29.7 Å². The average molecular weight is 328 g/mol. The quantitative estimate of drug-likeness (QED) is 0.662. The van der Waals surface area contributed by atoms with Gasteiger partial charge in [0, 0.05) is 29.9 Å². The van der Waals surface area contributed by atoms with Crippen molar-refractivity contribution < 1.29 is 14.8 Å². The maximum absolute atomic E-state index is 11.9. The Morgan fingerprint density at radius 3 is 2.67 bits per heavy atom. The van der Waals surface area contributed by atoms with Crippen molar-refractivity contribution in [3.8, 4) is 0 Å². The van der Waals surface area contributed by atoms with E-state index in [0.29, 0.717) is 28.3 Å². The zero-order valence-electron chi connectivity index (χ0n) is 13.4. The molecule has 1 aromatic heterocycles. The highest BCUT2D eigenvalue weighted by Crippen LogP contribution is 2.45. The Kier molecular flexibility index (Phi) is 3.59. The number of carboxylic acid groups (broad SMARTS) is 1. The number of nitro benzene ring substituents is 1. The van der Waals surface area contributed by atoms with Gasteiger partial charge >= 0.3 is 5.97 Å². The fourth-order valence-corrected chi connectivity index (χ4v) is 3.27. The van der Waals surface area contributed by atoms with E-state index in [9.17, 15) is 20.0 Å². The lowest BCUT2D eigenvalue weighted by Crippen LogP contribution is -2.24. The normalized spacial score (nSPS) is 16.5. The molecule has 8 heteroatoms. The number of fused-ring (bicyclic) bond motifs is 1. The molecule has 8 nitrogen and oxygen atoms in total. The van der Waals surface area contributed by atoms with Gasteiger partial charge in [0.1, 0.15) is 5.82 Å². The maximum atomic E-state index is 11.9. The molecule has 2 N–H and O–H groups in total. The van der Waals surface area contributed by atoms with Crippen molar-refractivity contribution in [2.24, 2.45) is 7.05 Å². The zero-order chi connectivity index (χ0) is 17.6. The third-order valence-electron chi connectivity index (χ3n) is 4.23. The van der Waals surface area contributed by atoms with Crippen molar-refractivity contribution in [1.82, 2.24) is 9.78 Å². The third-order valence-corrected chi connectivity index (χ3v) is 4.23. The highest BCUT2D eigenvalue weighted by Gasteiger charge is 2.38. The van der Waals surface area contributed by atoms with Gasteiger partial charge in [-0.3, -0.25) is 14.8 Å². The van der Waals surface area contributed by atoms with Crippen molar-refractivity contribution in [1.29, 1.82) is 0 Å². The second-order valence-electron chi connectivity index (χ2n) is 5.69. The third kappa shape index (κ3) is 2.23. The van der Waals surface area contributed by atoms with Crippen molar-refractivity contribution in [2.75, 3.05) is 5.32 Å². The number of carbonyl (C=O) groups is 1. The summed E-state index contributed by atoms with van der Waals surface area (Å²) in [6.07, 6.45) is 0. The number of allylic oxidation sites excluding steroid dienone is 1. The minimum atomic E-state index is -1.11. The molecule has 0 amide bonds. The van der Waals surface area contributed by atoms with Crippen LogP contribution in [0.5, 0.6) is 0 Å². The number of hydrogen-bond acceptors (Lipinski definition) is 5. The summed E-state index contributed by atoms with van der Waals surface area (Å²) in [5, 5.41) is 28.5. The summed E-state index contributed by atoms with van der Waals surface area (Å²) >= 11 is 0. The maximum Gasteiger partial charge on any atom is 0.334 e. The Morgan fingerprint density at radius 1 is 1.38 bits per heavy atom. The first-order valence-corrected chi connectivity index (χ1v) is 7.30. The van der Waals surface area contributed by atoms with Crippen molar-refractivity contribution in [3.63, 3.8) is 0 Å². The number of hydrogen-bond donors (Lipinski definition) is 2. The molecular formula is C16H16N4O4. The van der Waals surface area contributed by atoms with Gasteiger partial charge in [-0.1, -0.05) is 18.2 Å². The summed E-state index contributed by atoms with van der Waals surface area (Å²) in [4.78, 5) is 22.8. The van der Waals surface area contributed by atoms with Crippen LogP contribution in [0.4, 0.5) is 11.5 Å². The summed E-state index contributed by atoms with van der Waals surface area (Å²) in [5.41, 5.74) is 2.06. The van der Waals surface area contributed by atoms with Gasteiger partial charge in [0.05, 0.1) is 22.1 Å². The minimum Gasteiger partial charge on any atom is -0.478 e. The van der Waals surface area contributed by atoms with Crippen LogP contribution in [0.25, 0.3) is 0 Å². The molecule has 1 unspecified atom stereocenters. The van der Waals surface area contributed by atoms with Crippen LogP contribution >= 0.6 is 0 Å². The molecule has 2 heterocycles. The van der Waals surface area contributed by atoms with Gasteiger partial charge in [0.15, 0.2) is 0 Å². The second kappa shape index (κ2) is 5.48. The van der Waals surface area contributed by atoms with Crippen molar-refractivity contribution >= 4 is 17.5 Å². The van der Waals surface area contributed by atoms with Crippen LogP contribution in [0, 0.1) is 17.0 Å². The highest BCUT2D eigenvalue weighted by atomic mass is 16.6. The van der Waals surface area contributed by atoms with Gasteiger partial charge in [0.25, 0.3) is 5.69 Å². The summed E-state index contributed by atoms with van der Waals surface area (Å²) < 4.78 is 1.62. The van der Waals surface area contributed by atoms with Crippen LogP contribution in [-0.2, 0) is 11.8 Å². The van der Waals surface area contributed by atoms with Crippen LogP contribution in [0.3, 0.4) is 0 Å². The molecule has 3 rings (SSSR count). The number of anilines is 1. The Morgan fingerprint density at radius 2 is 2.04 bits per heavy atom. The van der Waals surface area contributed by atoms with E-state index in [-0.39, 0.29) is 11.3 Å². The highest BCUT2D eigenvalue weighted by molar-refractivity contribution is 5.93. The number of aliphatic carboxylic acids is 1. The van der Waals surface area contributed by atoms with Crippen LogP contribution in [0.15, 0.2) is 35.5 Å². The van der Waals surface area contributed by atoms with Crippen LogP contribution < -0.4 is 5.32 Å². The fraction of sp³-hybridized carbons (Fsp3) is 0.250. The number of nitrogens with one attached hydrogen (secondary N) is 1. The molecule has 0 saturated carbocycles. The number of carboxylic acids is 1. The van der Waals surface area contributed by atoms with Gasteiger partial charge < -0.3 is 10.4 Å². The molecule has 0 aliphatic carbocycles. The van der Waals surface area contributed by atoms with Gasteiger partial charge in [-0.25, -0.2) is 4.79 Å². The first-order valence-electron chi connectivity index (χ1n) is 7.30. The Hall–Kier alpha value is -3.16. The van der Waals surface area contributed by atoms with E-state index in [1.807, 2.05) is 0 Å². The first kappa shape index (κ1) is 15.7. The lowest BCUT2D eigenvalue weighted by atomic mass is 9.81. The Labute approximate surface area is 137 Å². The number of para-hydroxylation sites is 1. The van der Waals surface area contributed by atoms with Crippen molar-refractivity contribution in [3.05, 3.63) is 62.5 Å². The molecule has 0 bridgehead atoms. The number of aryl methyl sites for hydroxylation is 2. The van der Waals surface area contributed by atoms with E-state index in [1.54, 1.807) is 43.8 Å². The van der Waals surface area contributed by atoms with Crippen LogP contribution in [0.2, 0.25) is 0 Å². The largest absolute Gasteiger partial charge is 0.478 e. The molecule has 0 saturated heterocycles. The monoisotopic (exact) mass is 328 g/mol. The summed E-state index contributed by atoms with van der Waals surface area (Å²) in [7, 11) is 1.74. The molecule has 1 aliphatic heterocycles. The summed E-state index contributed by atoms with van der Waals surface area (Å²) in [6.45, 7) is 3.42. The number of rotatable bonds is 3. The van der Waals surface area contributed by atoms with E-state index in [4.69, 9.17) is 0 Å². The van der Waals surface area contributed by atoms with Gasteiger partial charge in [-0.05, 0) is 13.8 Å².